The number of rotatable bonds is 6. The molecule has 36 heavy (non-hydrogen) atoms. The Morgan fingerprint density at radius 1 is 0.917 bits per heavy atom. The van der Waals surface area contributed by atoms with Crippen LogP contribution in [0.1, 0.15) is 11.1 Å². The first-order valence-electron chi connectivity index (χ1n) is 11.9. The molecule has 0 radical (unpaired) electrons. The summed E-state index contributed by atoms with van der Waals surface area (Å²) in [6, 6.07) is 22.6. The van der Waals surface area contributed by atoms with E-state index in [0.29, 0.717) is 36.6 Å². The van der Waals surface area contributed by atoms with Crippen LogP contribution in [0.2, 0.25) is 5.02 Å². The number of halogens is 1. The summed E-state index contributed by atoms with van der Waals surface area (Å²) in [5.74, 6) is -0.107. The zero-order chi connectivity index (χ0) is 25.3. The average Bonchev–Trinajstić information content (AvgIpc) is 3.25. The molecule has 0 N–H and O–H groups in total. The van der Waals surface area contributed by atoms with Crippen molar-refractivity contribution in [1.29, 1.82) is 0 Å². The van der Waals surface area contributed by atoms with Gasteiger partial charge in [-0.3, -0.25) is 4.79 Å². The van der Waals surface area contributed by atoms with Crippen LogP contribution < -0.4 is 4.90 Å². The van der Waals surface area contributed by atoms with Crippen LogP contribution >= 0.6 is 11.6 Å². The number of carbonyl (C=O) groups excluding carboxylic acids is 1. The Balaban J connectivity index is 1.33. The molecule has 6 nitrogen and oxygen atoms in total. The molecule has 1 fully saturated rings. The van der Waals surface area contributed by atoms with E-state index in [9.17, 15) is 13.2 Å². The highest BCUT2D eigenvalue weighted by molar-refractivity contribution is 7.90. The SMILES string of the molecule is Cc1ccc(CS(=O)(=O)c2cn(CC(=O)N3CCN(c4cccc(Cl)c4)CC3)c3ccccc23)cc1. The number of benzene rings is 3. The third-order valence-electron chi connectivity index (χ3n) is 6.68. The second-order valence-corrected chi connectivity index (χ2v) is 11.6. The smallest absolute Gasteiger partial charge is 0.242 e. The maximum absolute atomic E-state index is 13.4. The average molecular weight is 522 g/mol. The van der Waals surface area contributed by atoms with Crippen molar-refractivity contribution < 1.29 is 13.2 Å². The third kappa shape index (κ3) is 5.13. The molecule has 1 aliphatic heterocycles. The summed E-state index contributed by atoms with van der Waals surface area (Å²) in [6.07, 6.45) is 1.62. The summed E-state index contributed by atoms with van der Waals surface area (Å²) in [5.41, 5.74) is 3.62. The second-order valence-electron chi connectivity index (χ2n) is 9.23. The van der Waals surface area contributed by atoms with Gasteiger partial charge in [-0.15, -0.1) is 0 Å². The third-order valence-corrected chi connectivity index (χ3v) is 8.62. The van der Waals surface area contributed by atoms with Crippen molar-refractivity contribution in [3.8, 4) is 0 Å². The van der Waals surface area contributed by atoms with E-state index in [4.69, 9.17) is 11.6 Å². The molecule has 186 valence electrons. The maximum Gasteiger partial charge on any atom is 0.242 e. The van der Waals surface area contributed by atoms with Crippen LogP contribution in [0.3, 0.4) is 0 Å². The normalized spacial score (nSPS) is 14.4. The Labute approximate surface area is 216 Å². The van der Waals surface area contributed by atoms with Gasteiger partial charge in [0, 0.05) is 54.0 Å². The Bertz CT molecular complexity index is 1500. The minimum Gasteiger partial charge on any atom is -0.368 e. The lowest BCUT2D eigenvalue weighted by molar-refractivity contribution is -0.132. The molecule has 2 heterocycles. The molecule has 8 heteroatoms. The lowest BCUT2D eigenvalue weighted by atomic mass is 10.2. The summed E-state index contributed by atoms with van der Waals surface area (Å²) < 4.78 is 28.5. The van der Waals surface area contributed by atoms with Gasteiger partial charge in [-0.05, 0) is 36.8 Å². The molecule has 1 amide bonds. The minimum absolute atomic E-state index is 0.0241. The van der Waals surface area contributed by atoms with Gasteiger partial charge in [-0.1, -0.05) is 65.7 Å². The first-order valence-corrected chi connectivity index (χ1v) is 14.0. The molecule has 3 aromatic carbocycles. The summed E-state index contributed by atoms with van der Waals surface area (Å²) in [7, 11) is -3.60. The summed E-state index contributed by atoms with van der Waals surface area (Å²) in [6.45, 7) is 4.70. The molecule has 1 aromatic heterocycles. The van der Waals surface area contributed by atoms with E-state index in [1.165, 1.54) is 0 Å². The summed E-state index contributed by atoms with van der Waals surface area (Å²) >= 11 is 6.13. The molecular weight excluding hydrogens is 494 g/mol. The number of aromatic nitrogens is 1. The number of hydrogen-bond acceptors (Lipinski definition) is 4. The molecule has 0 saturated carbocycles. The fourth-order valence-corrected chi connectivity index (χ4v) is 6.47. The van der Waals surface area contributed by atoms with E-state index >= 15 is 0 Å². The number of para-hydroxylation sites is 1. The largest absolute Gasteiger partial charge is 0.368 e. The number of hydrogen-bond donors (Lipinski definition) is 0. The monoisotopic (exact) mass is 521 g/mol. The van der Waals surface area contributed by atoms with Gasteiger partial charge in [-0.25, -0.2) is 8.42 Å². The van der Waals surface area contributed by atoms with E-state index < -0.39 is 9.84 Å². The van der Waals surface area contributed by atoms with Crippen LogP contribution in [0, 0.1) is 6.92 Å². The van der Waals surface area contributed by atoms with Crippen molar-refractivity contribution in [1.82, 2.24) is 9.47 Å². The predicted octanol–water partition coefficient (Wildman–Crippen LogP) is 4.93. The van der Waals surface area contributed by atoms with Gasteiger partial charge in [0.25, 0.3) is 0 Å². The quantitative estimate of drug-likeness (QED) is 0.361. The lowest BCUT2D eigenvalue weighted by Crippen LogP contribution is -2.49. The molecule has 0 bridgehead atoms. The Morgan fingerprint density at radius 2 is 1.64 bits per heavy atom. The number of carbonyl (C=O) groups is 1. The first kappa shape index (κ1) is 24.4. The van der Waals surface area contributed by atoms with E-state index in [1.54, 1.807) is 10.8 Å². The van der Waals surface area contributed by atoms with E-state index in [1.807, 2.05) is 84.6 Å². The molecule has 0 unspecified atom stereocenters. The van der Waals surface area contributed by atoms with Crippen molar-refractivity contribution in [2.24, 2.45) is 0 Å². The van der Waals surface area contributed by atoms with Crippen molar-refractivity contribution in [2.75, 3.05) is 31.1 Å². The molecule has 0 spiro atoms. The lowest BCUT2D eigenvalue weighted by Gasteiger charge is -2.36. The van der Waals surface area contributed by atoms with Crippen LogP contribution in [0.4, 0.5) is 5.69 Å². The molecular formula is C28H28ClN3O3S. The number of piperazine rings is 1. The number of fused-ring (bicyclic) bond motifs is 1. The van der Waals surface area contributed by atoms with Crippen LogP contribution in [-0.4, -0.2) is 50.0 Å². The molecule has 1 saturated heterocycles. The predicted molar refractivity (Wildman–Crippen MR) is 144 cm³/mol. The zero-order valence-electron chi connectivity index (χ0n) is 20.1. The van der Waals surface area contributed by atoms with E-state index in [-0.39, 0.29) is 23.1 Å². The number of amides is 1. The van der Waals surface area contributed by atoms with Crippen LogP contribution in [0.15, 0.2) is 83.9 Å². The van der Waals surface area contributed by atoms with Gasteiger partial charge in [0.05, 0.1) is 10.6 Å². The zero-order valence-corrected chi connectivity index (χ0v) is 21.7. The summed E-state index contributed by atoms with van der Waals surface area (Å²) in [5, 5.41) is 1.34. The maximum atomic E-state index is 13.4. The van der Waals surface area contributed by atoms with Gasteiger partial charge in [0.15, 0.2) is 9.84 Å². The van der Waals surface area contributed by atoms with Gasteiger partial charge in [-0.2, -0.15) is 0 Å². The van der Waals surface area contributed by atoms with Crippen molar-refractivity contribution in [3.63, 3.8) is 0 Å². The molecule has 0 aliphatic carbocycles. The highest BCUT2D eigenvalue weighted by Gasteiger charge is 2.25. The van der Waals surface area contributed by atoms with E-state index in [0.717, 1.165) is 22.3 Å². The van der Waals surface area contributed by atoms with Crippen molar-refractivity contribution >= 4 is 43.9 Å². The Hall–Kier alpha value is -3.29. The minimum atomic E-state index is -3.60. The second kappa shape index (κ2) is 9.99. The highest BCUT2D eigenvalue weighted by atomic mass is 35.5. The number of sulfone groups is 1. The number of nitrogens with zero attached hydrogens (tertiary/aromatic N) is 3. The Kier molecular flexibility index (Phi) is 6.77. The standard InChI is InChI=1S/C28H28ClN3O3S/c1-21-9-11-22(12-10-21)20-36(34,35)27-18-32(26-8-3-2-7-25(26)27)19-28(33)31-15-13-30(14-16-31)24-6-4-5-23(29)17-24/h2-12,17-18H,13-16,19-20H2,1H3. The highest BCUT2D eigenvalue weighted by Crippen LogP contribution is 2.28. The van der Waals surface area contributed by atoms with Crippen molar-refractivity contribution in [3.05, 3.63) is 95.1 Å². The summed E-state index contributed by atoms with van der Waals surface area (Å²) in [4.78, 5) is 17.5. The molecule has 1 aliphatic rings. The van der Waals surface area contributed by atoms with Crippen LogP contribution in [-0.2, 0) is 26.9 Å². The number of anilines is 1. The number of aryl methyl sites for hydroxylation is 1. The van der Waals surface area contributed by atoms with Crippen LogP contribution in [0.25, 0.3) is 10.9 Å². The van der Waals surface area contributed by atoms with Gasteiger partial charge >= 0.3 is 0 Å². The Morgan fingerprint density at radius 3 is 2.36 bits per heavy atom. The van der Waals surface area contributed by atoms with E-state index in [2.05, 4.69) is 4.90 Å². The fourth-order valence-electron chi connectivity index (χ4n) is 4.71. The topological polar surface area (TPSA) is 62.6 Å². The molecule has 0 atom stereocenters. The molecule has 5 rings (SSSR count). The van der Waals surface area contributed by atoms with Crippen molar-refractivity contribution in [2.45, 2.75) is 24.1 Å². The van der Waals surface area contributed by atoms with Gasteiger partial charge < -0.3 is 14.4 Å². The fraction of sp³-hybridized carbons (Fsp3) is 0.250. The molecule has 4 aromatic rings. The van der Waals surface area contributed by atoms with Gasteiger partial charge in [0.1, 0.15) is 6.54 Å². The van der Waals surface area contributed by atoms with Gasteiger partial charge in [0.2, 0.25) is 5.91 Å². The first-order chi connectivity index (χ1) is 17.3. The van der Waals surface area contributed by atoms with Crippen LogP contribution in [0.5, 0.6) is 0 Å².